The first-order chi connectivity index (χ1) is 14.0. The minimum Gasteiger partial charge on any atom is -0.409 e. The highest BCUT2D eigenvalue weighted by Gasteiger charge is 2.16. The summed E-state index contributed by atoms with van der Waals surface area (Å²) in [6, 6.07) is 14.5. The van der Waals surface area contributed by atoms with Gasteiger partial charge in [0, 0.05) is 6.04 Å². The Labute approximate surface area is 172 Å². The van der Waals surface area contributed by atoms with E-state index in [1.165, 1.54) is 12.4 Å². The minimum absolute atomic E-state index is 0.0929. The highest BCUT2D eigenvalue weighted by Crippen LogP contribution is 2.23. The third-order valence-electron chi connectivity index (χ3n) is 4.79. The van der Waals surface area contributed by atoms with Gasteiger partial charge in [-0.2, -0.15) is 5.10 Å². The lowest BCUT2D eigenvalue weighted by molar-refractivity contribution is 0.192. The lowest BCUT2D eigenvalue weighted by Gasteiger charge is -2.24. The van der Waals surface area contributed by atoms with Crippen LogP contribution >= 0.6 is 12.2 Å². The molecule has 0 saturated carbocycles. The van der Waals surface area contributed by atoms with E-state index in [0.29, 0.717) is 6.67 Å². The smallest absolute Gasteiger partial charge is 0.288 e. The van der Waals surface area contributed by atoms with Gasteiger partial charge in [-0.25, -0.2) is 18.7 Å². The summed E-state index contributed by atoms with van der Waals surface area (Å²) in [6.45, 7) is 2.49. The molecule has 0 saturated heterocycles. The normalized spacial score (nSPS) is 12.4. The maximum Gasteiger partial charge on any atom is 0.288 e. The first-order valence-electron chi connectivity index (χ1n) is 9.01. The first-order valence-corrected chi connectivity index (χ1v) is 9.42. The van der Waals surface area contributed by atoms with E-state index >= 15 is 0 Å². The molecule has 0 unspecified atom stereocenters. The minimum atomic E-state index is -0.398. The molecular formula is C20H19FN6OS. The number of rotatable bonds is 6. The summed E-state index contributed by atoms with van der Waals surface area (Å²) in [4.78, 5) is 6.24. The predicted octanol–water partition coefficient (Wildman–Crippen LogP) is 4.24. The van der Waals surface area contributed by atoms with Gasteiger partial charge >= 0.3 is 0 Å². The number of halogens is 1. The highest BCUT2D eigenvalue weighted by molar-refractivity contribution is 7.71. The molecule has 0 fully saturated rings. The standard InChI is InChI=1S/C20H19FN6OS/c1-14(15-7-9-16(10-8-15)26-12-22-11-23-26)25(2)13-27-20(29)28-19(24-27)17-5-3-4-6-18(17)21/h3-12,14H,13H2,1-2H3/t14-/m1/s1. The van der Waals surface area contributed by atoms with Crippen LogP contribution < -0.4 is 0 Å². The number of hydrogen-bond donors (Lipinski definition) is 0. The van der Waals surface area contributed by atoms with Crippen LogP contribution in [0.2, 0.25) is 0 Å². The Morgan fingerprint density at radius 2 is 1.93 bits per heavy atom. The van der Waals surface area contributed by atoms with Crippen LogP contribution in [0.15, 0.2) is 65.6 Å². The fourth-order valence-corrected chi connectivity index (χ4v) is 3.15. The molecule has 0 aliphatic rings. The topological polar surface area (TPSA) is 64.9 Å². The molecule has 148 valence electrons. The van der Waals surface area contributed by atoms with Crippen LogP contribution in [0.1, 0.15) is 18.5 Å². The molecule has 2 heterocycles. The van der Waals surface area contributed by atoms with Gasteiger partial charge in [-0.3, -0.25) is 4.90 Å². The van der Waals surface area contributed by atoms with Gasteiger partial charge in [0.05, 0.1) is 17.9 Å². The molecule has 1 atom stereocenters. The molecule has 0 spiro atoms. The molecule has 2 aromatic heterocycles. The summed E-state index contributed by atoms with van der Waals surface area (Å²) in [5, 5.41) is 8.48. The lowest BCUT2D eigenvalue weighted by atomic mass is 10.1. The van der Waals surface area contributed by atoms with E-state index in [-0.39, 0.29) is 22.3 Å². The van der Waals surface area contributed by atoms with E-state index in [9.17, 15) is 4.39 Å². The van der Waals surface area contributed by atoms with Crippen molar-refractivity contribution in [3.05, 3.63) is 77.4 Å². The van der Waals surface area contributed by atoms with Crippen LogP contribution in [0.5, 0.6) is 0 Å². The molecule has 0 radical (unpaired) electrons. The summed E-state index contributed by atoms with van der Waals surface area (Å²) in [6.07, 6.45) is 3.16. The SMILES string of the molecule is C[C@H](c1ccc(-n2cncn2)cc1)N(C)Cn1nc(-c2ccccc2F)oc1=S. The van der Waals surface area contributed by atoms with Gasteiger partial charge in [-0.15, -0.1) is 5.10 Å². The summed E-state index contributed by atoms with van der Waals surface area (Å²) >= 11 is 5.27. The molecule has 29 heavy (non-hydrogen) atoms. The molecule has 7 nitrogen and oxygen atoms in total. The van der Waals surface area contributed by atoms with E-state index in [0.717, 1.165) is 11.3 Å². The van der Waals surface area contributed by atoms with Crippen molar-refractivity contribution in [1.29, 1.82) is 0 Å². The predicted molar refractivity (Wildman–Crippen MR) is 108 cm³/mol. The van der Waals surface area contributed by atoms with Crippen molar-refractivity contribution in [2.24, 2.45) is 0 Å². The van der Waals surface area contributed by atoms with Crippen LogP contribution in [-0.4, -0.2) is 36.5 Å². The Balaban J connectivity index is 1.50. The van der Waals surface area contributed by atoms with Gasteiger partial charge in [0.2, 0.25) is 5.89 Å². The Bertz CT molecular complexity index is 1150. The summed E-state index contributed by atoms with van der Waals surface area (Å²) in [7, 11) is 1.97. The van der Waals surface area contributed by atoms with Crippen molar-refractivity contribution in [1.82, 2.24) is 29.4 Å². The summed E-state index contributed by atoms with van der Waals surface area (Å²) in [5.41, 5.74) is 2.35. The molecular weight excluding hydrogens is 391 g/mol. The largest absolute Gasteiger partial charge is 0.409 e. The van der Waals surface area contributed by atoms with Crippen molar-refractivity contribution in [3.8, 4) is 17.1 Å². The molecule has 4 aromatic rings. The van der Waals surface area contributed by atoms with Gasteiger partial charge in [-0.05, 0) is 56.0 Å². The zero-order valence-corrected chi connectivity index (χ0v) is 16.8. The van der Waals surface area contributed by atoms with Gasteiger partial charge in [0.25, 0.3) is 4.84 Å². The maximum atomic E-state index is 14.0. The second-order valence-corrected chi connectivity index (χ2v) is 7.01. The summed E-state index contributed by atoms with van der Waals surface area (Å²) < 4.78 is 22.8. The Morgan fingerprint density at radius 3 is 2.62 bits per heavy atom. The van der Waals surface area contributed by atoms with E-state index in [2.05, 4.69) is 27.0 Å². The molecule has 0 aliphatic carbocycles. The first kappa shape index (κ1) is 19.2. The third-order valence-corrected chi connectivity index (χ3v) is 5.08. The number of benzene rings is 2. The van der Waals surface area contributed by atoms with Crippen LogP contribution in [-0.2, 0) is 6.67 Å². The molecule has 2 aromatic carbocycles. The van der Waals surface area contributed by atoms with E-state index in [1.54, 1.807) is 33.9 Å². The van der Waals surface area contributed by atoms with Gasteiger partial charge in [0.15, 0.2) is 0 Å². The fraction of sp³-hybridized carbons (Fsp3) is 0.200. The Morgan fingerprint density at radius 1 is 1.17 bits per heavy atom. The zero-order chi connectivity index (χ0) is 20.4. The molecule has 9 heteroatoms. The Hall–Kier alpha value is -3.17. The zero-order valence-electron chi connectivity index (χ0n) is 15.9. The van der Waals surface area contributed by atoms with Gasteiger partial charge in [0.1, 0.15) is 18.5 Å². The monoisotopic (exact) mass is 410 g/mol. The molecule has 0 aliphatic heterocycles. The number of hydrogen-bond acceptors (Lipinski definition) is 6. The van der Waals surface area contributed by atoms with E-state index in [1.807, 2.05) is 31.3 Å². The van der Waals surface area contributed by atoms with Crippen molar-refractivity contribution >= 4 is 12.2 Å². The molecule has 0 bridgehead atoms. The van der Waals surface area contributed by atoms with Crippen molar-refractivity contribution < 1.29 is 8.81 Å². The highest BCUT2D eigenvalue weighted by atomic mass is 32.1. The van der Waals surface area contributed by atoms with E-state index < -0.39 is 5.82 Å². The lowest BCUT2D eigenvalue weighted by Crippen LogP contribution is -2.26. The van der Waals surface area contributed by atoms with Crippen molar-refractivity contribution in [2.75, 3.05) is 7.05 Å². The Kier molecular flexibility index (Phi) is 5.32. The molecule has 0 amide bonds. The van der Waals surface area contributed by atoms with Crippen LogP contribution in [0, 0.1) is 10.7 Å². The van der Waals surface area contributed by atoms with Crippen molar-refractivity contribution in [2.45, 2.75) is 19.6 Å². The average molecular weight is 410 g/mol. The fourth-order valence-electron chi connectivity index (χ4n) is 2.97. The van der Waals surface area contributed by atoms with Gasteiger partial charge in [-0.1, -0.05) is 24.3 Å². The summed E-state index contributed by atoms with van der Waals surface area (Å²) in [5.74, 6) is -0.226. The second-order valence-electron chi connectivity index (χ2n) is 6.66. The number of aromatic nitrogens is 5. The second kappa shape index (κ2) is 8.06. The maximum absolute atomic E-state index is 14.0. The van der Waals surface area contributed by atoms with Gasteiger partial charge < -0.3 is 4.42 Å². The van der Waals surface area contributed by atoms with E-state index in [4.69, 9.17) is 16.6 Å². The number of nitrogens with zero attached hydrogens (tertiary/aromatic N) is 6. The van der Waals surface area contributed by atoms with Crippen molar-refractivity contribution in [3.63, 3.8) is 0 Å². The van der Waals surface area contributed by atoms with Crippen LogP contribution in [0.4, 0.5) is 4.39 Å². The molecule has 4 rings (SSSR count). The quantitative estimate of drug-likeness (QED) is 0.443. The third kappa shape index (κ3) is 4.01. The van der Waals surface area contributed by atoms with Crippen LogP contribution in [0.25, 0.3) is 17.1 Å². The molecule has 0 N–H and O–H groups in total. The van der Waals surface area contributed by atoms with Crippen LogP contribution in [0.3, 0.4) is 0 Å². The average Bonchev–Trinajstić information content (AvgIpc) is 3.38.